The van der Waals surface area contributed by atoms with Gasteiger partial charge in [-0.05, 0) is 0 Å². The maximum atomic E-state index is 10.5. The van der Waals surface area contributed by atoms with Gasteiger partial charge in [-0.25, -0.2) is 0 Å². The molecule has 1 saturated heterocycles. The Bertz CT molecular complexity index is 174. The summed E-state index contributed by atoms with van der Waals surface area (Å²) >= 11 is 0. The molecular formula is C7H14N2O3. The number of likely N-dealkylation sites (tertiary alicyclic amines) is 1. The van der Waals surface area contributed by atoms with Crippen LogP contribution in [-0.4, -0.2) is 53.4 Å². The van der Waals surface area contributed by atoms with Crippen molar-refractivity contribution in [2.45, 2.75) is 6.10 Å². The molecule has 1 fully saturated rings. The van der Waals surface area contributed by atoms with Gasteiger partial charge in [0.1, 0.15) is 0 Å². The Morgan fingerprint density at radius 3 is 2.67 bits per heavy atom. The van der Waals surface area contributed by atoms with Gasteiger partial charge in [0.25, 0.3) is 0 Å². The lowest BCUT2D eigenvalue weighted by molar-refractivity contribution is -0.119. The van der Waals surface area contributed by atoms with Crippen LogP contribution in [0.5, 0.6) is 0 Å². The zero-order chi connectivity index (χ0) is 9.14. The highest BCUT2D eigenvalue weighted by Crippen LogP contribution is 2.15. The van der Waals surface area contributed by atoms with E-state index in [9.17, 15) is 9.90 Å². The minimum absolute atomic E-state index is 0.0452. The molecule has 5 heteroatoms. The van der Waals surface area contributed by atoms with Gasteiger partial charge in [-0.1, -0.05) is 0 Å². The molecule has 12 heavy (non-hydrogen) atoms. The quantitative estimate of drug-likeness (QED) is 0.451. The largest absolute Gasteiger partial charge is 0.396 e. The predicted molar refractivity (Wildman–Crippen MR) is 42.2 cm³/mol. The summed E-state index contributed by atoms with van der Waals surface area (Å²) in [5.74, 6) is -0.537. The minimum atomic E-state index is -0.533. The molecule has 0 spiro atoms. The second kappa shape index (κ2) is 3.84. The standard InChI is InChI=1S/C7H14N2O3/c8-7(12)3-9-1-5(4-10)6(11)2-9/h5-6,10-11H,1-4H2,(H2,8,12). The molecular weight excluding hydrogens is 160 g/mol. The molecule has 1 heterocycles. The molecule has 0 aromatic heterocycles. The first-order valence-electron chi connectivity index (χ1n) is 3.93. The van der Waals surface area contributed by atoms with Crippen molar-refractivity contribution < 1.29 is 15.0 Å². The second-order valence-corrected chi connectivity index (χ2v) is 3.17. The van der Waals surface area contributed by atoms with Gasteiger partial charge in [0.05, 0.1) is 12.6 Å². The molecule has 5 nitrogen and oxygen atoms in total. The van der Waals surface area contributed by atoms with Crippen LogP contribution in [0.1, 0.15) is 0 Å². The Balaban J connectivity index is 2.37. The lowest BCUT2D eigenvalue weighted by Crippen LogP contribution is -2.32. The minimum Gasteiger partial charge on any atom is -0.396 e. The first-order valence-corrected chi connectivity index (χ1v) is 3.93. The lowest BCUT2D eigenvalue weighted by Gasteiger charge is -2.11. The Morgan fingerprint density at radius 1 is 1.58 bits per heavy atom. The van der Waals surface area contributed by atoms with Crippen LogP contribution in [0.2, 0.25) is 0 Å². The van der Waals surface area contributed by atoms with Crippen molar-refractivity contribution in [1.29, 1.82) is 0 Å². The Kier molecular flexibility index (Phi) is 3.02. The zero-order valence-electron chi connectivity index (χ0n) is 6.81. The van der Waals surface area contributed by atoms with Crippen LogP contribution in [0, 0.1) is 5.92 Å². The summed E-state index contributed by atoms with van der Waals surface area (Å²) in [6, 6.07) is 0. The number of β-amino-alcohol motifs (C(OH)–C–C–N with tert-alkyl or cyclic N) is 1. The number of aliphatic hydroxyl groups is 2. The zero-order valence-corrected chi connectivity index (χ0v) is 6.81. The first kappa shape index (κ1) is 9.44. The fourth-order valence-electron chi connectivity index (χ4n) is 1.47. The summed E-state index contributed by atoms with van der Waals surface area (Å²) in [4.78, 5) is 12.2. The van der Waals surface area contributed by atoms with Gasteiger partial charge in [0.2, 0.25) is 5.91 Å². The molecule has 0 bridgehead atoms. The summed E-state index contributed by atoms with van der Waals surface area (Å²) in [7, 11) is 0. The average Bonchev–Trinajstić information content (AvgIpc) is 2.29. The van der Waals surface area contributed by atoms with Crippen LogP contribution >= 0.6 is 0 Å². The van der Waals surface area contributed by atoms with Gasteiger partial charge in [-0.2, -0.15) is 0 Å². The van der Waals surface area contributed by atoms with E-state index in [2.05, 4.69) is 0 Å². The van der Waals surface area contributed by atoms with E-state index in [0.717, 1.165) is 0 Å². The molecule has 1 aliphatic rings. The van der Waals surface area contributed by atoms with E-state index in [0.29, 0.717) is 13.1 Å². The Hall–Kier alpha value is -0.650. The molecule has 4 N–H and O–H groups in total. The summed E-state index contributed by atoms with van der Waals surface area (Å²) in [5.41, 5.74) is 4.98. The highest BCUT2D eigenvalue weighted by atomic mass is 16.3. The van der Waals surface area contributed by atoms with Crippen molar-refractivity contribution >= 4 is 5.91 Å². The molecule has 1 aliphatic heterocycles. The molecule has 1 rings (SSSR count). The smallest absolute Gasteiger partial charge is 0.231 e. The van der Waals surface area contributed by atoms with E-state index in [1.807, 2.05) is 0 Å². The van der Waals surface area contributed by atoms with E-state index in [-0.39, 0.29) is 19.1 Å². The van der Waals surface area contributed by atoms with Gasteiger partial charge >= 0.3 is 0 Å². The first-order chi connectivity index (χ1) is 5.63. The number of primary amides is 1. The second-order valence-electron chi connectivity index (χ2n) is 3.17. The maximum Gasteiger partial charge on any atom is 0.231 e. The van der Waals surface area contributed by atoms with Crippen LogP contribution < -0.4 is 5.73 Å². The topological polar surface area (TPSA) is 86.8 Å². The third kappa shape index (κ3) is 2.17. The van der Waals surface area contributed by atoms with Gasteiger partial charge in [-0.15, -0.1) is 0 Å². The van der Waals surface area contributed by atoms with Crippen molar-refractivity contribution in [2.75, 3.05) is 26.2 Å². The van der Waals surface area contributed by atoms with Crippen LogP contribution in [0.4, 0.5) is 0 Å². The summed E-state index contributed by atoms with van der Waals surface area (Å²) < 4.78 is 0. The number of hydrogen-bond acceptors (Lipinski definition) is 4. The SMILES string of the molecule is NC(=O)CN1CC(O)C(CO)C1. The fraction of sp³-hybridized carbons (Fsp3) is 0.857. The third-order valence-electron chi connectivity index (χ3n) is 2.10. The normalized spacial score (nSPS) is 30.8. The maximum absolute atomic E-state index is 10.5. The summed E-state index contributed by atoms with van der Waals surface area (Å²) in [6.45, 7) is 1.08. The number of hydrogen-bond donors (Lipinski definition) is 3. The number of rotatable bonds is 3. The molecule has 0 saturated carbocycles. The number of carbonyl (C=O) groups is 1. The van der Waals surface area contributed by atoms with Crippen molar-refractivity contribution in [1.82, 2.24) is 4.90 Å². The van der Waals surface area contributed by atoms with Crippen molar-refractivity contribution in [2.24, 2.45) is 11.7 Å². The molecule has 0 aromatic carbocycles. The van der Waals surface area contributed by atoms with E-state index in [4.69, 9.17) is 10.8 Å². The lowest BCUT2D eigenvalue weighted by atomic mass is 10.1. The van der Waals surface area contributed by atoms with E-state index in [1.54, 1.807) is 4.90 Å². The highest BCUT2D eigenvalue weighted by molar-refractivity contribution is 5.75. The highest BCUT2D eigenvalue weighted by Gasteiger charge is 2.30. The van der Waals surface area contributed by atoms with Gasteiger partial charge in [0, 0.05) is 25.6 Å². The number of nitrogens with two attached hydrogens (primary N) is 1. The van der Waals surface area contributed by atoms with Crippen molar-refractivity contribution in [3.63, 3.8) is 0 Å². The van der Waals surface area contributed by atoms with Gasteiger partial charge in [-0.3, -0.25) is 9.69 Å². The fourth-order valence-corrected chi connectivity index (χ4v) is 1.47. The Morgan fingerprint density at radius 2 is 2.25 bits per heavy atom. The van der Waals surface area contributed by atoms with Gasteiger partial charge in [0.15, 0.2) is 0 Å². The molecule has 0 aliphatic carbocycles. The van der Waals surface area contributed by atoms with Crippen molar-refractivity contribution in [3.05, 3.63) is 0 Å². The van der Waals surface area contributed by atoms with Crippen LogP contribution in [0.15, 0.2) is 0 Å². The molecule has 1 amide bonds. The molecule has 2 unspecified atom stereocenters. The Labute approximate surface area is 70.8 Å². The molecule has 0 radical (unpaired) electrons. The molecule has 70 valence electrons. The number of amides is 1. The van der Waals surface area contributed by atoms with Crippen molar-refractivity contribution in [3.8, 4) is 0 Å². The van der Waals surface area contributed by atoms with Gasteiger partial charge < -0.3 is 15.9 Å². The molecule has 0 aromatic rings. The average molecular weight is 174 g/mol. The number of aliphatic hydroxyl groups excluding tert-OH is 2. The van der Waals surface area contributed by atoms with Crippen LogP contribution in [-0.2, 0) is 4.79 Å². The summed E-state index contributed by atoms with van der Waals surface area (Å²) in [5, 5.41) is 18.1. The van der Waals surface area contributed by atoms with E-state index in [1.165, 1.54) is 0 Å². The predicted octanol–water partition coefficient (Wildman–Crippen LogP) is -2.24. The number of carbonyl (C=O) groups excluding carboxylic acids is 1. The summed E-state index contributed by atoms with van der Waals surface area (Å²) in [6.07, 6.45) is -0.533. The molecule has 2 atom stereocenters. The van der Waals surface area contributed by atoms with Crippen LogP contribution in [0.25, 0.3) is 0 Å². The van der Waals surface area contributed by atoms with Crippen LogP contribution in [0.3, 0.4) is 0 Å². The van der Waals surface area contributed by atoms with E-state index < -0.39 is 12.0 Å². The van der Waals surface area contributed by atoms with E-state index >= 15 is 0 Å². The third-order valence-corrected chi connectivity index (χ3v) is 2.10. The monoisotopic (exact) mass is 174 g/mol. The number of nitrogens with zero attached hydrogens (tertiary/aromatic N) is 1.